The number of hydrogen-bond acceptors (Lipinski definition) is 6. The fourth-order valence-electron chi connectivity index (χ4n) is 3.98. The van der Waals surface area contributed by atoms with E-state index in [4.69, 9.17) is 4.42 Å². The highest BCUT2D eigenvalue weighted by Gasteiger charge is 2.31. The third-order valence-electron chi connectivity index (χ3n) is 5.01. The number of thiazole rings is 1. The van der Waals surface area contributed by atoms with Gasteiger partial charge in [0.25, 0.3) is 5.89 Å². The van der Waals surface area contributed by atoms with Crippen LogP contribution in [0.1, 0.15) is 47.3 Å². The van der Waals surface area contributed by atoms with Crippen LogP contribution in [0.15, 0.2) is 16.1 Å². The molecule has 1 saturated heterocycles. The van der Waals surface area contributed by atoms with E-state index in [9.17, 15) is 4.79 Å². The van der Waals surface area contributed by atoms with Crippen LogP contribution < -0.4 is 0 Å². The molecule has 1 amide bonds. The van der Waals surface area contributed by atoms with Crippen LogP contribution in [0, 0.1) is 11.8 Å². The molecular weight excluding hydrogens is 336 g/mol. The minimum Gasteiger partial charge on any atom is -0.437 e. The molecule has 4 heterocycles. The van der Waals surface area contributed by atoms with Crippen molar-refractivity contribution in [2.24, 2.45) is 11.8 Å². The molecule has 2 aliphatic heterocycles. The Morgan fingerprint density at radius 2 is 2.16 bits per heavy atom. The van der Waals surface area contributed by atoms with Crippen molar-refractivity contribution in [3.05, 3.63) is 33.9 Å². The number of rotatable bonds is 3. The Bertz CT molecular complexity index is 732. The molecule has 25 heavy (non-hydrogen) atoms. The van der Waals surface area contributed by atoms with Gasteiger partial charge in [0.05, 0.1) is 11.2 Å². The lowest BCUT2D eigenvalue weighted by Gasteiger charge is -2.34. The first kappa shape index (κ1) is 16.7. The van der Waals surface area contributed by atoms with Crippen LogP contribution in [0.25, 0.3) is 0 Å². The number of aromatic nitrogens is 2. The van der Waals surface area contributed by atoms with Crippen molar-refractivity contribution in [2.45, 2.75) is 39.8 Å². The van der Waals surface area contributed by atoms with Crippen LogP contribution in [0.2, 0.25) is 0 Å². The monoisotopic (exact) mass is 360 g/mol. The molecule has 1 fully saturated rings. The second-order valence-corrected chi connectivity index (χ2v) is 8.44. The van der Waals surface area contributed by atoms with E-state index in [1.54, 1.807) is 11.3 Å². The molecule has 4 rings (SSSR count). The summed E-state index contributed by atoms with van der Waals surface area (Å²) in [6.07, 6.45) is 3.90. The number of hydrogen-bond donors (Lipinski definition) is 0. The summed E-state index contributed by atoms with van der Waals surface area (Å²) in [5.41, 5.74) is 2.77. The van der Waals surface area contributed by atoms with E-state index >= 15 is 0 Å². The normalized spacial score (nSPS) is 24.3. The van der Waals surface area contributed by atoms with Gasteiger partial charge in [-0.1, -0.05) is 13.8 Å². The zero-order valence-corrected chi connectivity index (χ0v) is 15.6. The summed E-state index contributed by atoms with van der Waals surface area (Å²) in [4.78, 5) is 27.0. The highest BCUT2D eigenvalue weighted by Crippen LogP contribution is 2.25. The largest absolute Gasteiger partial charge is 0.437 e. The highest BCUT2D eigenvalue weighted by atomic mass is 32.1. The molecule has 2 atom stereocenters. The van der Waals surface area contributed by atoms with Crippen molar-refractivity contribution < 1.29 is 9.21 Å². The summed E-state index contributed by atoms with van der Waals surface area (Å²) in [5, 5.41) is 0. The molecule has 0 aliphatic carbocycles. The fraction of sp³-hybridized carbons (Fsp3) is 0.611. The number of likely N-dealkylation sites (tertiary alicyclic amines) is 1. The summed E-state index contributed by atoms with van der Waals surface area (Å²) in [6.45, 7) is 8.53. The molecule has 2 aromatic heterocycles. The van der Waals surface area contributed by atoms with E-state index in [1.807, 2.05) is 16.6 Å². The van der Waals surface area contributed by atoms with Crippen molar-refractivity contribution in [2.75, 3.05) is 19.6 Å². The Hall–Kier alpha value is -1.73. The molecular formula is C18H24N4O2S. The van der Waals surface area contributed by atoms with Gasteiger partial charge in [0, 0.05) is 50.2 Å². The Morgan fingerprint density at radius 3 is 2.88 bits per heavy atom. The second-order valence-electron chi connectivity index (χ2n) is 7.47. The van der Waals surface area contributed by atoms with Gasteiger partial charge in [-0.2, -0.15) is 0 Å². The zero-order chi connectivity index (χ0) is 17.4. The number of carbonyl (C=O) groups excluding carboxylic acids is 1. The third kappa shape index (κ3) is 3.62. The molecule has 0 aromatic carbocycles. The zero-order valence-electron chi connectivity index (χ0n) is 14.8. The molecule has 0 bridgehead atoms. The molecule has 134 valence electrons. The van der Waals surface area contributed by atoms with Crippen molar-refractivity contribution in [3.8, 4) is 0 Å². The molecule has 6 nitrogen and oxygen atoms in total. The average molecular weight is 360 g/mol. The predicted octanol–water partition coefficient (Wildman–Crippen LogP) is 2.81. The van der Waals surface area contributed by atoms with E-state index in [1.165, 1.54) is 11.3 Å². The van der Waals surface area contributed by atoms with Crippen LogP contribution in [0.4, 0.5) is 0 Å². The van der Waals surface area contributed by atoms with Gasteiger partial charge in [-0.05, 0) is 18.3 Å². The summed E-state index contributed by atoms with van der Waals surface area (Å²) >= 11 is 1.67. The van der Waals surface area contributed by atoms with Gasteiger partial charge in [0.15, 0.2) is 0 Å². The maximum atomic E-state index is 12.8. The molecule has 0 spiro atoms. The van der Waals surface area contributed by atoms with Gasteiger partial charge >= 0.3 is 5.91 Å². The Labute approximate surface area is 151 Å². The summed E-state index contributed by atoms with van der Waals surface area (Å²) in [7, 11) is 0. The number of piperidine rings is 1. The van der Waals surface area contributed by atoms with Gasteiger partial charge in [0.1, 0.15) is 5.76 Å². The van der Waals surface area contributed by atoms with Crippen LogP contribution in [-0.4, -0.2) is 45.3 Å². The first-order valence-electron chi connectivity index (χ1n) is 8.96. The van der Waals surface area contributed by atoms with Crippen molar-refractivity contribution in [3.63, 3.8) is 0 Å². The Kier molecular flexibility index (Phi) is 4.60. The minimum absolute atomic E-state index is 0.0539. The van der Waals surface area contributed by atoms with E-state index < -0.39 is 0 Å². The predicted molar refractivity (Wildman–Crippen MR) is 95.3 cm³/mol. The summed E-state index contributed by atoms with van der Waals surface area (Å²) < 4.78 is 5.84. The van der Waals surface area contributed by atoms with E-state index in [2.05, 4.69) is 28.7 Å². The maximum Gasteiger partial charge on any atom is 0.309 e. The molecule has 0 unspecified atom stereocenters. The third-order valence-corrected chi connectivity index (χ3v) is 5.77. The van der Waals surface area contributed by atoms with Gasteiger partial charge < -0.3 is 9.32 Å². The van der Waals surface area contributed by atoms with Crippen molar-refractivity contribution in [1.82, 2.24) is 19.8 Å². The lowest BCUT2D eigenvalue weighted by molar-refractivity contribution is 0.0581. The standard InChI is InChI=1S/C18H24N4O2S/c1-12-5-13(2)8-22(7-12)18(23)17-20-15-10-21(4-3-16(15)24-17)9-14-6-19-11-25-14/h6,11-13H,3-5,7-10H2,1-2H3/t12-,13-/m1/s1. The summed E-state index contributed by atoms with van der Waals surface area (Å²) in [6, 6.07) is 0. The molecule has 2 aliphatic rings. The highest BCUT2D eigenvalue weighted by molar-refractivity contribution is 7.09. The van der Waals surface area contributed by atoms with E-state index in [0.717, 1.165) is 50.6 Å². The maximum absolute atomic E-state index is 12.8. The van der Waals surface area contributed by atoms with Gasteiger partial charge in [-0.15, -0.1) is 11.3 Å². The van der Waals surface area contributed by atoms with Crippen LogP contribution in [0.5, 0.6) is 0 Å². The lowest BCUT2D eigenvalue weighted by Crippen LogP contribution is -2.42. The molecule has 0 N–H and O–H groups in total. The van der Waals surface area contributed by atoms with Crippen LogP contribution >= 0.6 is 11.3 Å². The molecule has 7 heteroatoms. The fourth-order valence-corrected chi connectivity index (χ4v) is 4.62. The Morgan fingerprint density at radius 1 is 1.36 bits per heavy atom. The van der Waals surface area contributed by atoms with Gasteiger partial charge in [0.2, 0.25) is 0 Å². The van der Waals surface area contributed by atoms with Crippen molar-refractivity contribution >= 4 is 17.2 Å². The number of amides is 1. The molecule has 0 radical (unpaired) electrons. The lowest BCUT2D eigenvalue weighted by atomic mass is 9.92. The SMILES string of the molecule is C[C@@H]1C[C@@H](C)CN(C(=O)c2nc3c(o2)CCN(Cc2cncs2)C3)C1. The van der Waals surface area contributed by atoms with Gasteiger partial charge in [-0.25, -0.2) is 4.98 Å². The first-order chi connectivity index (χ1) is 12.1. The van der Waals surface area contributed by atoms with Crippen LogP contribution in [0.3, 0.4) is 0 Å². The molecule has 2 aromatic rings. The van der Waals surface area contributed by atoms with Crippen molar-refractivity contribution in [1.29, 1.82) is 0 Å². The number of carbonyl (C=O) groups is 1. The van der Waals surface area contributed by atoms with E-state index in [-0.39, 0.29) is 11.8 Å². The number of fused-ring (bicyclic) bond motifs is 1. The van der Waals surface area contributed by atoms with Crippen LogP contribution in [-0.2, 0) is 19.5 Å². The number of oxazole rings is 1. The summed E-state index contributed by atoms with van der Waals surface area (Å²) in [5.74, 6) is 2.16. The second kappa shape index (κ2) is 6.88. The first-order valence-corrected chi connectivity index (χ1v) is 9.84. The molecule has 0 saturated carbocycles. The average Bonchev–Trinajstić information content (AvgIpc) is 3.22. The van der Waals surface area contributed by atoms with Gasteiger partial charge in [-0.3, -0.25) is 14.7 Å². The smallest absolute Gasteiger partial charge is 0.309 e. The minimum atomic E-state index is -0.0539. The Balaban J connectivity index is 1.45. The van der Waals surface area contributed by atoms with E-state index in [0.29, 0.717) is 11.8 Å². The topological polar surface area (TPSA) is 62.5 Å². The number of nitrogens with zero attached hydrogens (tertiary/aromatic N) is 4. The quantitative estimate of drug-likeness (QED) is 0.842.